The summed E-state index contributed by atoms with van der Waals surface area (Å²) < 4.78 is 5.52. The lowest BCUT2D eigenvalue weighted by Crippen LogP contribution is -2.41. The van der Waals surface area contributed by atoms with Crippen molar-refractivity contribution >= 4 is 11.9 Å². The number of hydrogen-bond acceptors (Lipinski definition) is 3. The predicted molar refractivity (Wildman–Crippen MR) is 80.2 cm³/mol. The van der Waals surface area contributed by atoms with Crippen molar-refractivity contribution in [2.45, 2.75) is 33.8 Å². The predicted octanol–water partition coefficient (Wildman–Crippen LogP) is 2.24. The Morgan fingerprint density at radius 1 is 1.19 bits per heavy atom. The summed E-state index contributed by atoms with van der Waals surface area (Å²) in [5.41, 5.74) is 1.11. The van der Waals surface area contributed by atoms with Crippen molar-refractivity contribution in [3.8, 4) is 5.75 Å². The molecule has 0 aromatic heterocycles. The summed E-state index contributed by atoms with van der Waals surface area (Å²) in [7, 11) is 0. The molecule has 2 N–H and O–H groups in total. The van der Waals surface area contributed by atoms with Gasteiger partial charge in [0.05, 0.1) is 5.92 Å². The summed E-state index contributed by atoms with van der Waals surface area (Å²) in [6.45, 7) is 7.35. The summed E-state index contributed by atoms with van der Waals surface area (Å²) in [6, 6.07) is 7.40. The van der Waals surface area contributed by atoms with E-state index in [9.17, 15) is 9.59 Å². The van der Waals surface area contributed by atoms with Crippen molar-refractivity contribution in [3.63, 3.8) is 0 Å². The zero-order chi connectivity index (χ0) is 16.0. The van der Waals surface area contributed by atoms with Crippen LogP contribution in [-0.4, -0.2) is 29.6 Å². The quantitative estimate of drug-likeness (QED) is 0.808. The maximum absolute atomic E-state index is 11.9. The Balaban J connectivity index is 2.51. The summed E-state index contributed by atoms with van der Waals surface area (Å²) in [4.78, 5) is 23.0. The Bertz CT molecular complexity index is 482. The number of ether oxygens (including phenoxy) is 1. The van der Waals surface area contributed by atoms with Crippen LogP contribution in [0.1, 0.15) is 26.3 Å². The van der Waals surface area contributed by atoms with Crippen LogP contribution >= 0.6 is 0 Å². The van der Waals surface area contributed by atoms with Crippen LogP contribution < -0.4 is 10.1 Å². The minimum Gasteiger partial charge on any atom is -0.481 e. The molecule has 0 aliphatic carbocycles. The van der Waals surface area contributed by atoms with Crippen LogP contribution in [0.15, 0.2) is 24.3 Å². The molecule has 0 saturated heterocycles. The lowest BCUT2D eigenvalue weighted by molar-refractivity contribution is -0.143. The fraction of sp³-hybridized carbons (Fsp3) is 0.500. The minimum atomic E-state index is -0.905. The van der Waals surface area contributed by atoms with Crippen LogP contribution in [0.25, 0.3) is 0 Å². The van der Waals surface area contributed by atoms with Gasteiger partial charge in [-0.25, -0.2) is 0 Å². The molecule has 5 nitrogen and oxygen atoms in total. The molecule has 0 aliphatic heterocycles. The number of aliphatic carboxylic acids is 1. The van der Waals surface area contributed by atoms with E-state index in [1.807, 2.05) is 32.9 Å². The van der Waals surface area contributed by atoms with Crippen molar-refractivity contribution < 1.29 is 19.4 Å². The molecule has 0 spiro atoms. The van der Waals surface area contributed by atoms with Crippen LogP contribution in [-0.2, 0) is 9.59 Å². The maximum atomic E-state index is 11.9. The highest BCUT2D eigenvalue weighted by Crippen LogP contribution is 2.14. The SMILES string of the molecule is Cc1ccc(OC(C)C(=O)NCC(C(=O)O)C(C)C)cc1. The van der Waals surface area contributed by atoms with Crippen molar-refractivity contribution in [2.24, 2.45) is 11.8 Å². The second-order valence-corrected chi connectivity index (χ2v) is 5.51. The molecule has 1 aromatic carbocycles. The average Bonchev–Trinajstić information content (AvgIpc) is 2.40. The van der Waals surface area contributed by atoms with Gasteiger partial charge in [0.25, 0.3) is 5.91 Å². The standard InChI is InChI=1S/C16H23NO4/c1-10(2)14(16(19)20)9-17-15(18)12(4)21-13-7-5-11(3)6-8-13/h5-8,10,12,14H,9H2,1-4H3,(H,17,18)(H,19,20). The number of carboxylic acids is 1. The van der Waals surface area contributed by atoms with Gasteiger partial charge < -0.3 is 15.2 Å². The summed E-state index contributed by atoms with van der Waals surface area (Å²) in [5.74, 6) is -1.25. The highest BCUT2D eigenvalue weighted by Gasteiger charge is 2.23. The molecule has 116 valence electrons. The molecular formula is C16H23NO4. The first-order valence-corrected chi connectivity index (χ1v) is 7.05. The molecule has 1 rings (SSSR count). The van der Waals surface area contributed by atoms with E-state index in [0.717, 1.165) is 5.56 Å². The van der Waals surface area contributed by atoms with Crippen LogP contribution in [0, 0.1) is 18.8 Å². The number of benzene rings is 1. The van der Waals surface area contributed by atoms with E-state index in [2.05, 4.69) is 5.32 Å². The topological polar surface area (TPSA) is 75.6 Å². The molecular weight excluding hydrogens is 270 g/mol. The first-order valence-electron chi connectivity index (χ1n) is 7.05. The first kappa shape index (κ1) is 17.0. The third kappa shape index (κ3) is 5.45. The number of hydrogen-bond donors (Lipinski definition) is 2. The maximum Gasteiger partial charge on any atom is 0.308 e. The van der Waals surface area contributed by atoms with E-state index in [4.69, 9.17) is 9.84 Å². The summed E-state index contributed by atoms with van der Waals surface area (Å²) in [6.07, 6.45) is -0.672. The molecule has 5 heteroatoms. The Hall–Kier alpha value is -2.04. The Morgan fingerprint density at radius 2 is 1.76 bits per heavy atom. The Morgan fingerprint density at radius 3 is 2.24 bits per heavy atom. The molecule has 0 bridgehead atoms. The number of amides is 1. The van der Waals surface area contributed by atoms with Gasteiger partial charge in [0.2, 0.25) is 0 Å². The van der Waals surface area contributed by atoms with E-state index < -0.39 is 18.0 Å². The van der Waals surface area contributed by atoms with E-state index in [-0.39, 0.29) is 18.4 Å². The van der Waals surface area contributed by atoms with Gasteiger partial charge in [-0.1, -0.05) is 31.5 Å². The second-order valence-electron chi connectivity index (χ2n) is 5.51. The molecule has 2 unspecified atom stereocenters. The monoisotopic (exact) mass is 293 g/mol. The normalized spacial score (nSPS) is 13.6. The third-order valence-corrected chi connectivity index (χ3v) is 3.32. The van der Waals surface area contributed by atoms with Crippen LogP contribution in [0.3, 0.4) is 0 Å². The fourth-order valence-corrected chi connectivity index (χ4v) is 1.84. The summed E-state index contributed by atoms with van der Waals surface area (Å²) in [5, 5.41) is 11.7. The van der Waals surface area contributed by atoms with Crippen LogP contribution in [0.2, 0.25) is 0 Å². The highest BCUT2D eigenvalue weighted by atomic mass is 16.5. The molecule has 1 amide bonds. The van der Waals surface area contributed by atoms with Gasteiger partial charge in [0.1, 0.15) is 5.75 Å². The highest BCUT2D eigenvalue weighted by molar-refractivity contribution is 5.81. The van der Waals surface area contributed by atoms with Gasteiger partial charge in [0, 0.05) is 6.54 Å². The van der Waals surface area contributed by atoms with Gasteiger partial charge in [-0.3, -0.25) is 9.59 Å². The lowest BCUT2D eigenvalue weighted by atomic mass is 9.96. The van der Waals surface area contributed by atoms with Crippen molar-refractivity contribution in [1.82, 2.24) is 5.32 Å². The molecule has 0 aliphatic rings. The van der Waals surface area contributed by atoms with E-state index in [1.165, 1.54) is 0 Å². The van der Waals surface area contributed by atoms with E-state index in [1.54, 1.807) is 19.1 Å². The van der Waals surface area contributed by atoms with Gasteiger partial charge >= 0.3 is 5.97 Å². The first-order chi connectivity index (χ1) is 9.81. The number of aryl methyl sites for hydroxylation is 1. The van der Waals surface area contributed by atoms with Gasteiger partial charge in [-0.15, -0.1) is 0 Å². The van der Waals surface area contributed by atoms with Crippen molar-refractivity contribution in [1.29, 1.82) is 0 Å². The largest absolute Gasteiger partial charge is 0.481 e. The van der Waals surface area contributed by atoms with Crippen molar-refractivity contribution in [2.75, 3.05) is 6.54 Å². The zero-order valence-corrected chi connectivity index (χ0v) is 12.9. The number of rotatable bonds is 7. The van der Waals surface area contributed by atoms with Crippen molar-refractivity contribution in [3.05, 3.63) is 29.8 Å². The van der Waals surface area contributed by atoms with E-state index in [0.29, 0.717) is 5.75 Å². The number of carbonyl (C=O) groups is 2. The van der Waals surface area contributed by atoms with Gasteiger partial charge in [-0.2, -0.15) is 0 Å². The van der Waals surface area contributed by atoms with Crippen LogP contribution in [0.5, 0.6) is 5.75 Å². The molecule has 21 heavy (non-hydrogen) atoms. The third-order valence-electron chi connectivity index (χ3n) is 3.32. The second kappa shape index (κ2) is 7.67. The molecule has 0 radical (unpaired) electrons. The minimum absolute atomic E-state index is 0.0453. The van der Waals surface area contributed by atoms with Crippen LogP contribution in [0.4, 0.5) is 0 Å². The molecule has 0 heterocycles. The Kier molecular flexibility index (Phi) is 6.21. The molecule has 0 fully saturated rings. The summed E-state index contributed by atoms with van der Waals surface area (Å²) >= 11 is 0. The number of carbonyl (C=O) groups excluding carboxylic acids is 1. The molecule has 1 aromatic rings. The Labute approximate surface area is 125 Å². The lowest BCUT2D eigenvalue weighted by Gasteiger charge is -2.19. The fourth-order valence-electron chi connectivity index (χ4n) is 1.84. The number of carboxylic acid groups (broad SMARTS) is 1. The van der Waals surface area contributed by atoms with E-state index >= 15 is 0 Å². The average molecular weight is 293 g/mol. The van der Waals surface area contributed by atoms with Gasteiger partial charge in [0.15, 0.2) is 6.10 Å². The molecule has 0 saturated carbocycles. The smallest absolute Gasteiger partial charge is 0.308 e. The zero-order valence-electron chi connectivity index (χ0n) is 12.9. The number of nitrogens with one attached hydrogen (secondary N) is 1. The van der Waals surface area contributed by atoms with Gasteiger partial charge in [-0.05, 0) is 31.9 Å². The molecule has 2 atom stereocenters.